The normalized spacial score (nSPS) is 12.3. The molecule has 1 aliphatic carbocycles. The summed E-state index contributed by atoms with van der Waals surface area (Å²) in [4.78, 5) is 97.7. The van der Waals surface area contributed by atoms with Gasteiger partial charge in [0.2, 0.25) is 22.0 Å². The van der Waals surface area contributed by atoms with Gasteiger partial charge in [0, 0.05) is 428 Å². The van der Waals surface area contributed by atoms with Gasteiger partial charge in [-0.05, 0) is 196 Å². The van der Waals surface area contributed by atoms with Crippen molar-refractivity contribution in [3.63, 3.8) is 0 Å². The molecular formula is C89H124BN3O19S36U. The van der Waals surface area contributed by atoms with Crippen LogP contribution in [0.2, 0.25) is 0 Å². The zero-order valence-corrected chi connectivity index (χ0v) is 118. The van der Waals surface area contributed by atoms with Crippen LogP contribution in [0, 0.1) is 42.9 Å². The Bertz CT molecular complexity index is 6770. The van der Waals surface area contributed by atoms with E-state index < -0.39 is 87.5 Å². The second-order valence-electron chi connectivity index (χ2n) is 34.7. The van der Waals surface area contributed by atoms with Crippen molar-refractivity contribution >= 4 is 383 Å². The molecule has 22 nitrogen and oxygen atoms in total. The van der Waals surface area contributed by atoms with Gasteiger partial charge in [-0.2, -0.15) is 0 Å². The maximum absolute atomic E-state index is 14.8. The molecule has 6 aromatic rings. The molecular weight excluding hydrogens is 2820 g/mol. The second-order valence-corrected chi connectivity index (χ2v) is 89.7. The van der Waals surface area contributed by atoms with Crippen molar-refractivity contribution in [1.29, 1.82) is 1.34 Å². The van der Waals surface area contributed by atoms with Gasteiger partial charge >= 0.3 is 12.1 Å². The topological polar surface area (TPSA) is 266 Å². The molecule has 0 saturated carbocycles. The molecule has 0 heterocycles. The molecule has 2 radical (unpaired) electrons. The molecule has 0 fully saturated rings. The molecule has 0 saturated heterocycles. The van der Waals surface area contributed by atoms with Crippen LogP contribution in [0.5, 0.6) is 46.0 Å². The first-order chi connectivity index (χ1) is 70.3. The van der Waals surface area contributed by atoms with Gasteiger partial charge in [-0.3, -0.25) is 28.8 Å². The average Bonchev–Trinajstić information content (AvgIpc) is 1.61. The van der Waals surface area contributed by atoms with E-state index in [4.69, 9.17) is 103 Å². The molecule has 0 aliphatic heterocycles. The fourth-order valence-electron chi connectivity index (χ4n) is 13.0. The zero-order valence-electron chi connectivity index (χ0n) is 85.9. The van der Waals surface area contributed by atoms with Gasteiger partial charge in [0.25, 0.3) is 0 Å². The Kier molecular flexibility index (Phi) is 78.9. The number of alkyl carbamates (subject to hydrolysis) is 1. The van der Waals surface area contributed by atoms with E-state index in [1.807, 2.05) is 182 Å². The monoisotopic (exact) mass is 2940 g/mol. The summed E-state index contributed by atoms with van der Waals surface area (Å²) in [6, 6.07) is 34.5. The molecule has 6 aromatic carbocycles. The van der Waals surface area contributed by atoms with E-state index in [0.717, 1.165) is 62.7 Å². The fraction of sp³-hybridized carbons (Fsp3) is 0.517. The number of hydrogen-bond acceptors (Lipinski definition) is 25. The van der Waals surface area contributed by atoms with Crippen LogP contribution < -0.4 is 53.8 Å². The molecule has 3 amide bonds. The van der Waals surface area contributed by atoms with Crippen molar-refractivity contribution in [2.75, 3.05) is 49.3 Å². The Balaban J connectivity index is 0.00000119. The SMILES string of the molecule is C.COc1cc(OC)c(CSC(=O)[C@@H](NC(=O)[C@@H](C)Cc2ccc(OC(C)(C)C)cc2)[C@@H](C)OC(C)(C)C)c(OC)c1.COc1cc(OC)c(CSC(=O)[C@@H](NC(=O)[C@@H](CC(=O)[C@H](CCC(=O)OC(C)(C)C)NC(=O)OCC2c3ccccc3-c3ccccc32)Cc2ccc(OC(C)(C)C)cc2)[C@@H](C)OC(C)(C)C)c(OC)c1.S=S=S=S=S=S=S=S=S=S=S=S=S=S=S=S.S=S=S=S=S=S=S=S=S=S=S=S=S=S=S=S=S=S.[2H][B].[U]. The Morgan fingerprint density at radius 1 is 0.396 bits per heavy atom. The standard InChI is InChI=1S/C56H72N2O12S.C32H47NO7S.CH4.BH.S18.S16.U/c1-34(68-54(2,3)4)50(52(62)71-33-44-47(65-12)30-38(64-11)31-48(44)66-13)58-51(61)36(28-35-22-24-37(25-23-35)69-55(5,6)7)29-46(59)45(26-27-49(60)70-56(8,9)10)57-53(63)67-32-43-41-20-16-14-18-39(41)40-19-15-17-21-42(40)43;1-20(16-22-12-14-23(15-13-22)40-32(6,7)8)29(34)33-28(21(2)39-31(3,4)5)30(35)41-19-25-26(37-10)17-24(36-9)18-27(25)38-11;;;1-3-5-7-9-11-13-15-17-18-16-14-12-10-8-6-4-2;1-3-5-7-9-11-13-15-16-14-12-10-8-6-4-2;/h14-25,30-31,34,36,43,45,50H,26-29,32-33H2,1-13H3,(H,57,63)(H,58,61);12-15,17-18,20-21,28H,16,19H2,1-11H3,(H,33,34);1H4;1H;;;/t34-,36-,45+,50+;20-,21+,28-;;;;;/m10...../s1/i;;;1D;;;. The van der Waals surface area contributed by atoms with Gasteiger partial charge in [-0.15, -0.1) is 0 Å². The number of Topliss-reactive ketones (excluding diaryl/α,β-unsaturated/α-hetero) is 1. The maximum atomic E-state index is 14.8. The van der Waals surface area contributed by atoms with Crippen LogP contribution >= 0.6 is 23.5 Å². The Morgan fingerprint density at radius 3 is 1.01 bits per heavy atom. The quantitative estimate of drug-likeness (QED) is 0.0246. The Labute approximate surface area is 1020 Å². The van der Waals surface area contributed by atoms with E-state index in [0.29, 0.717) is 57.8 Å². The van der Waals surface area contributed by atoms with Crippen LogP contribution in [0.1, 0.15) is 191 Å². The fourth-order valence-corrected chi connectivity index (χ4v) is 86.3. The van der Waals surface area contributed by atoms with E-state index in [-0.39, 0.29) is 111 Å². The van der Waals surface area contributed by atoms with Crippen molar-refractivity contribution in [3.8, 4) is 57.1 Å². The summed E-state index contributed by atoms with van der Waals surface area (Å²) in [5, 5.41) is 8.04. The molecule has 0 aromatic heterocycles. The molecule has 60 heteroatoms. The first-order valence-electron chi connectivity index (χ1n) is 43.7. The average molecular weight is 2940 g/mol. The molecule has 0 unspecified atom stereocenters. The molecule has 832 valence electrons. The van der Waals surface area contributed by atoms with E-state index >= 15 is 0 Å². The number of carbonyl (C=O) groups is 7. The third-order valence-electron chi connectivity index (χ3n) is 18.3. The van der Waals surface area contributed by atoms with Crippen LogP contribution in [-0.4, -0.2) is 157 Å². The number of hydrogen-bond donors (Lipinski definition) is 3. The largest absolute Gasteiger partial charge is 0.496 e. The number of fused-ring (bicyclic) bond motifs is 3. The minimum atomic E-state index is -1.25. The van der Waals surface area contributed by atoms with Crippen LogP contribution in [0.25, 0.3) is 11.1 Å². The third kappa shape index (κ3) is 63.2. The van der Waals surface area contributed by atoms with Crippen LogP contribution in [0.3, 0.4) is 0 Å². The summed E-state index contributed by atoms with van der Waals surface area (Å²) in [6.45, 7) is 33.7. The van der Waals surface area contributed by atoms with Crippen molar-refractivity contribution in [1.82, 2.24) is 16.0 Å². The number of benzene rings is 6. The summed E-state index contributed by atoms with van der Waals surface area (Å²) in [7, 11) is 63.7. The number of rotatable bonds is 35. The first-order valence-corrected chi connectivity index (χ1v) is 87.7. The van der Waals surface area contributed by atoms with E-state index in [2.05, 4.69) is 24.3 Å². The number of esters is 1. The van der Waals surface area contributed by atoms with E-state index in [1.54, 1.807) is 316 Å². The number of carbonyl (C=O) groups excluding carboxylic acids is 7. The van der Waals surface area contributed by atoms with Crippen LogP contribution in [0.15, 0.2) is 121 Å². The van der Waals surface area contributed by atoms with E-state index in [1.165, 1.54) is 56.9 Å². The van der Waals surface area contributed by atoms with Crippen LogP contribution in [-0.2, 0) is 383 Å². The van der Waals surface area contributed by atoms with Gasteiger partial charge in [-0.25, -0.2) is 4.79 Å². The predicted octanol–water partition coefficient (Wildman–Crippen LogP) is 16.3. The first kappa shape index (κ1) is 145. The van der Waals surface area contributed by atoms with E-state index in [9.17, 15) is 33.6 Å². The summed E-state index contributed by atoms with van der Waals surface area (Å²) < 4.78 is 74.1. The molecule has 7 atom stereocenters. The van der Waals surface area contributed by atoms with Crippen molar-refractivity contribution in [3.05, 3.63) is 155 Å². The minimum absolute atomic E-state index is 0. The predicted molar refractivity (Wildman–Crippen MR) is 704 cm³/mol. The van der Waals surface area contributed by atoms with Crippen molar-refractivity contribution in [2.45, 2.75) is 240 Å². The summed E-state index contributed by atoms with van der Waals surface area (Å²) in [5.41, 5.74) is 4.45. The number of ketones is 1. The van der Waals surface area contributed by atoms with Crippen molar-refractivity contribution in [2.24, 2.45) is 11.8 Å². The number of nitrogens with one attached hydrogen (secondary N) is 3. The molecule has 1 aliphatic rings. The van der Waals surface area contributed by atoms with Gasteiger partial charge < -0.3 is 72.8 Å². The Morgan fingerprint density at radius 2 is 0.711 bits per heavy atom. The number of methoxy groups -OCH3 is 6. The zero-order chi connectivity index (χ0) is 110. The molecule has 3 N–H and O–H groups in total. The maximum Gasteiger partial charge on any atom is 0.407 e. The minimum Gasteiger partial charge on any atom is -0.496 e. The molecule has 7 rings (SSSR count). The number of amides is 3. The van der Waals surface area contributed by atoms with Gasteiger partial charge in [0.05, 0.1) is 72.1 Å². The summed E-state index contributed by atoms with van der Waals surface area (Å²) >= 11 is 21.0. The number of ether oxygens (including phenoxy) is 12. The van der Waals surface area contributed by atoms with Gasteiger partial charge in [-0.1, -0.05) is 111 Å². The summed E-state index contributed by atoms with van der Waals surface area (Å²) in [6.07, 6.45) is -2.35. The third-order valence-corrected chi connectivity index (χ3v) is 82.5. The smallest absolute Gasteiger partial charge is 0.407 e. The molecule has 0 bridgehead atoms. The number of thioether (sulfide) groups is 2. The molecule has 149 heavy (non-hydrogen) atoms. The van der Waals surface area contributed by atoms with Crippen molar-refractivity contribution < 1.29 is 122 Å². The molecule has 0 spiro atoms. The van der Waals surface area contributed by atoms with Crippen LogP contribution in [0.4, 0.5) is 4.79 Å². The second kappa shape index (κ2) is 81.3. The Hall–Kier alpha value is -0.373. The van der Waals surface area contributed by atoms with Gasteiger partial charge in [0.1, 0.15) is 81.5 Å². The summed E-state index contributed by atoms with van der Waals surface area (Å²) in [5.74, 6) is 1.32. The van der Waals surface area contributed by atoms with Gasteiger partial charge in [0.15, 0.2) is 5.78 Å².